The summed E-state index contributed by atoms with van der Waals surface area (Å²) >= 11 is 4.80. The van der Waals surface area contributed by atoms with Gasteiger partial charge >= 0.3 is 0 Å². The summed E-state index contributed by atoms with van der Waals surface area (Å²) in [6.07, 6.45) is 3.36. The Morgan fingerprint density at radius 3 is 2.93 bits per heavy atom. The molecule has 0 spiro atoms. The van der Waals surface area contributed by atoms with E-state index >= 15 is 0 Å². The van der Waals surface area contributed by atoms with Gasteiger partial charge in [0.1, 0.15) is 5.75 Å². The van der Waals surface area contributed by atoms with E-state index in [2.05, 4.69) is 25.9 Å². The molecule has 2 aromatic heterocycles. The van der Waals surface area contributed by atoms with Crippen LogP contribution in [0.5, 0.6) is 10.9 Å². The van der Waals surface area contributed by atoms with Crippen LogP contribution in [0.4, 0.5) is 0 Å². The van der Waals surface area contributed by atoms with Crippen molar-refractivity contribution in [3.63, 3.8) is 0 Å². The van der Waals surface area contributed by atoms with Gasteiger partial charge in [-0.2, -0.15) is 0 Å². The molecular formula is C9H7BrN2OS. The number of pyridine rings is 1. The van der Waals surface area contributed by atoms with E-state index in [-0.39, 0.29) is 0 Å². The average Bonchev–Trinajstić information content (AvgIpc) is 2.51. The highest BCUT2D eigenvalue weighted by Gasteiger charge is 2.01. The van der Waals surface area contributed by atoms with Gasteiger partial charge in [0.2, 0.25) is 0 Å². The van der Waals surface area contributed by atoms with Crippen LogP contribution < -0.4 is 4.74 Å². The molecule has 2 rings (SSSR count). The van der Waals surface area contributed by atoms with Crippen molar-refractivity contribution in [2.24, 2.45) is 0 Å². The first-order valence-corrected chi connectivity index (χ1v) is 5.62. The minimum atomic E-state index is 0.641. The molecule has 3 nitrogen and oxygen atoms in total. The largest absolute Gasteiger partial charge is 0.429 e. The summed E-state index contributed by atoms with van der Waals surface area (Å²) in [7, 11) is 0. The zero-order valence-electron chi connectivity index (χ0n) is 7.40. The van der Waals surface area contributed by atoms with Gasteiger partial charge in [-0.1, -0.05) is 11.3 Å². The van der Waals surface area contributed by atoms with Crippen molar-refractivity contribution in [1.82, 2.24) is 9.97 Å². The first kappa shape index (κ1) is 9.61. The van der Waals surface area contributed by atoms with Crippen molar-refractivity contribution in [3.8, 4) is 10.9 Å². The maximum Gasteiger partial charge on any atom is 0.278 e. The maximum absolute atomic E-state index is 5.49. The third-order valence-electron chi connectivity index (χ3n) is 1.48. The molecule has 0 amide bonds. The van der Waals surface area contributed by atoms with E-state index in [0.29, 0.717) is 10.9 Å². The first-order chi connectivity index (χ1) is 6.74. The summed E-state index contributed by atoms with van der Waals surface area (Å²) in [5.74, 6) is 0.689. The lowest BCUT2D eigenvalue weighted by atomic mass is 10.5. The SMILES string of the molecule is Cc1csc(Oc2cncc(Br)c2)n1. The number of halogens is 1. The molecule has 2 aromatic rings. The number of hydrogen-bond acceptors (Lipinski definition) is 4. The van der Waals surface area contributed by atoms with Crippen LogP contribution in [0.2, 0.25) is 0 Å². The number of nitrogens with zero attached hydrogens (tertiary/aromatic N) is 2. The molecule has 0 aliphatic rings. The predicted octanol–water partition coefficient (Wildman–Crippen LogP) is 3.40. The van der Waals surface area contributed by atoms with Gasteiger partial charge in [-0.15, -0.1) is 0 Å². The molecule has 0 aliphatic heterocycles. The van der Waals surface area contributed by atoms with Crippen molar-refractivity contribution in [3.05, 3.63) is 34.0 Å². The van der Waals surface area contributed by atoms with Crippen molar-refractivity contribution >= 4 is 27.3 Å². The number of rotatable bonds is 2. The Morgan fingerprint density at radius 1 is 1.43 bits per heavy atom. The molecule has 0 aromatic carbocycles. The fraction of sp³-hybridized carbons (Fsp3) is 0.111. The number of ether oxygens (including phenoxy) is 1. The fourth-order valence-electron chi connectivity index (χ4n) is 0.928. The molecule has 5 heteroatoms. The molecule has 0 radical (unpaired) electrons. The highest BCUT2D eigenvalue weighted by molar-refractivity contribution is 9.10. The summed E-state index contributed by atoms with van der Waals surface area (Å²) in [4.78, 5) is 8.18. The Kier molecular flexibility index (Phi) is 2.79. The third kappa shape index (κ3) is 2.30. The summed E-state index contributed by atoms with van der Waals surface area (Å²) in [6.45, 7) is 1.93. The minimum absolute atomic E-state index is 0.641. The van der Waals surface area contributed by atoms with Gasteiger partial charge in [0.15, 0.2) is 0 Å². The average molecular weight is 271 g/mol. The quantitative estimate of drug-likeness (QED) is 0.839. The molecule has 0 fully saturated rings. The monoisotopic (exact) mass is 270 g/mol. The van der Waals surface area contributed by atoms with E-state index in [9.17, 15) is 0 Å². The Labute approximate surface area is 93.9 Å². The minimum Gasteiger partial charge on any atom is -0.429 e. The molecule has 0 atom stereocenters. The number of aromatic nitrogens is 2. The van der Waals surface area contributed by atoms with E-state index in [4.69, 9.17) is 4.74 Å². The second-order valence-electron chi connectivity index (χ2n) is 2.70. The van der Waals surface area contributed by atoms with Gasteiger partial charge in [-0.05, 0) is 28.9 Å². The second-order valence-corrected chi connectivity index (χ2v) is 4.43. The molecule has 0 aliphatic carbocycles. The topological polar surface area (TPSA) is 35.0 Å². The zero-order chi connectivity index (χ0) is 9.97. The summed E-state index contributed by atoms with van der Waals surface area (Å²) in [6, 6.07) is 1.85. The molecule has 0 bridgehead atoms. The lowest BCUT2D eigenvalue weighted by molar-refractivity contribution is 0.475. The summed E-state index contributed by atoms with van der Waals surface area (Å²) in [5.41, 5.74) is 0.966. The van der Waals surface area contributed by atoms with Crippen LogP contribution in [-0.4, -0.2) is 9.97 Å². The predicted molar refractivity (Wildman–Crippen MR) is 58.9 cm³/mol. The Hall–Kier alpha value is -0.940. The highest BCUT2D eigenvalue weighted by Crippen LogP contribution is 2.25. The van der Waals surface area contributed by atoms with Gasteiger partial charge in [0.25, 0.3) is 5.19 Å². The van der Waals surface area contributed by atoms with Gasteiger partial charge in [0.05, 0.1) is 11.9 Å². The fourth-order valence-corrected chi connectivity index (χ4v) is 1.94. The second kappa shape index (κ2) is 4.06. The highest BCUT2D eigenvalue weighted by atomic mass is 79.9. The molecular weight excluding hydrogens is 264 g/mol. The van der Waals surface area contributed by atoms with Crippen LogP contribution >= 0.6 is 27.3 Å². The van der Waals surface area contributed by atoms with Gasteiger partial charge in [-0.25, -0.2) is 4.98 Å². The van der Waals surface area contributed by atoms with E-state index in [1.807, 2.05) is 18.4 Å². The smallest absolute Gasteiger partial charge is 0.278 e. The standard InChI is InChI=1S/C9H7BrN2OS/c1-6-5-14-9(12-6)13-8-2-7(10)3-11-4-8/h2-5H,1H3. The lowest BCUT2D eigenvalue weighted by Crippen LogP contribution is -1.84. The van der Waals surface area contributed by atoms with Crippen LogP contribution in [0.15, 0.2) is 28.3 Å². The van der Waals surface area contributed by atoms with Crippen LogP contribution in [0.25, 0.3) is 0 Å². The van der Waals surface area contributed by atoms with E-state index in [1.165, 1.54) is 11.3 Å². The van der Waals surface area contributed by atoms with Crippen LogP contribution in [0, 0.1) is 6.92 Å². The van der Waals surface area contributed by atoms with Crippen molar-refractivity contribution < 1.29 is 4.74 Å². The molecule has 0 unspecified atom stereocenters. The van der Waals surface area contributed by atoms with Gasteiger partial charge in [0, 0.05) is 16.0 Å². The molecule has 0 saturated heterocycles. The van der Waals surface area contributed by atoms with Gasteiger partial charge < -0.3 is 4.74 Å². The van der Waals surface area contributed by atoms with Crippen LogP contribution in [0.1, 0.15) is 5.69 Å². The Balaban J connectivity index is 2.18. The maximum atomic E-state index is 5.49. The lowest BCUT2D eigenvalue weighted by Gasteiger charge is -2.00. The van der Waals surface area contributed by atoms with E-state index in [0.717, 1.165) is 10.2 Å². The molecule has 72 valence electrons. The van der Waals surface area contributed by atoms with Crippen LogP contribution in [-0.2, 0) is 0 Å². The van der Waals surface area contributed by atoms with E-state index < -0.39 is 0 Å². The van der Waals surface area contributed by atoms with Crippen molar-refractivity contribution in [1.29, 1.82) is 0 Å². The van der Waals surface area contributed by atoms with Crippen LogP contribution in [0.3, 0.4) is 0 Å². The van der Waals surface area contributed by atoms with Crippen molar-refractivity contribution in [2.45, 2.75) is 6.92 Å². The van der Waals surface area contributed by atoms with E-state index in [1.54, 1.807) is 12.4 Å². The van der Waals surface area contributed by atoms with Crippen molar-refractivity contribution in [2.75, 3.05) is 0 Å². The Morgan fingerprint density at radius 2 is 2.29 bits per heavy atom. The zero-order valence-corrected chi connectivity index (χ0v) is 9.80. The number of aryl methyl sites for hydroxylation is 1. The third-order valence-corrected chi connectivity index (χ3v) is 2.75. The Bertz CT molecular complexity index is 444. The molecule has 14 heavy (non-hydrogen) atoms. The number of thiazole rings is 1. The molecule has 0 saturated carbocycles. The summed E-state index contributed by atoms with van der Waals surface area (Å²) < 4.78 is 6.39. The molecule has 2 heterocycles. The van der Waals surface area contributed by atoms with Gasteiger partial charge in [-0.3, -0.25) is 4.98 Å². The normalized spacial score (nSPS) is 10.1. The number of hydrogen-bond donors (Lipinski definition) is 0. The first-order valence-electron chi connectivity index (χ1n) is 3.94. The summed E-state index contributed by atoms with van der Waals surface area (Å²) in [5, 5.41) is 2.59. The molecule has 0 N–H and O–H groups in total.